The lowest BCUT2D eigenvalue weighted by Gasteiger charge is -2.12. The van der Waals surface area contributed by atoms with E-state index in [-0.39, 0.29) is 0 Å². The van der Waals surface area contributed by atoms with Crippen LogP contribution in [0.1, 0.15) is 5.56 Å². The van der Waals surface area contributed by atoms with E-state index in [0.717, 1.165) is 16.7 Å². The van der Waals surface area contributed by atoms with Crippen molar-refractivity contribution in [3.63, 3.8) is 0 Å². The molecule has 0 N–H and O–H groups in total. The van der Waals surface area contributed by atoms with Crippen LogP contribution < -0.4 is 9.64 Å². The molecule has 4 nitrogen and oxygen atoms in total. The summed E-state index contributed by atoms with van der Waals surface area (Å²) in [5, 5.41) is -0.414. The largest absolute Gasteiger partial charge is 0.496 e. The molecule has 0 spiro atoms. The molecule has 1 aliphatic heterocycles. The van der Waals surface area contributed by atoms with Gasteiger partial charge in [0, 0.05) is 5.56 Å². The lowest BCUT2D eigenvalue weighted by atomic mass is 10.2. The number of halogens is 1. The van der Waals surface area contributed by atoms with Gasteiger partial charge in [0.1, 0.15) is 11.6 Å². The van der Waals surface area contributed by atoms with Gasteiger partial charge < -0.3 is 4.74 Å². The average molecular weight is 329 g/mol. The first kappa shape index (κ1) is 15.3. The number of rotatable bonds is 3. The molecule has 1 saturated heterocycles. The van der Waals surface area contributed by atoms with Gasteiger partial charge in [0.15, 0.2) is 0 Å². The minimum atomic E-state index is -0.433. The zero-order chi connectivity index (χ0) is 16.4. The summed E-state index contributed by atoms with van der Waals surface area (Å²) in [6.07, 6.45) is 1.62. The smallest absolute Gasteiger partial charge is 0.298 e. The Morgan fingerprint density at radius 2 is 1.78 bits per heavy atom. The van der Waals surface area contributed by atoms with Crippen LogP contribution in [-0.4, -0.2) is 18.3 Å². The molecule has 0 radical (unpaired) electrons. The molecule has 1 aliphatic rings. The highest BCUT2D eigenvalue weighted by molar-refractivity contribution is 8.19. The van der Waals surface area contributed by atoms with Crippen LogP contribution in [0.15, 0.2) is 53.4 Å². The van der Waals surface area contributed by atoms with Gasteiger partial charge in [-0.2, -0.15) is 0 Å². The predicted octanol–water partition coefficient (Wildman–Crippen LogP) is 4.08. The van der Waals surface area contributed by atoms with E-state index < -0.39 is 17.0 Å². The van der Waals surface area contributed by atoms with Crippen molar-refractivity contribution < 1.29 is 18.7 Å². The van der Waals surface area contributed by atoms with Gasteiger partial charge in [-0.1, -0.05) is 18.2 Å². The lowest BCUT2D eigenvalue weighted by Crippen LogP contribution is -2.27. The number of methoxy groups -OCH3 is 1. The second-order valence-electron chi connectivity index (χ2n) is 4.74. The Hall–Kier alpha value is -2.60. The van der Waals surface area contributed by atoms with Gasteiger partial charge in [0.2, 0.25) is 0 Å². The van der Waals surface area contributed by atoms with Crippen LogP contribution in [0.5, 0.6) is 5.75 Å². The van der Waals surface area contributed by atoms with E-state index in [2.05, 4.69) is 0 Å². The summed E-state index contributed by atoms with van der Waals surface area (Å²) in [4.78, 5) is 25.9. The normalized spacial score (nSPS) is 16.3. The van der Waals surface area contributed by atoms with Crippen molar-refractivity contribution in [1.82, 2.24) is 0 Å². The average Bonchev–Trinajstić information content (AvgIpc) is 2.83. The lowest BCUT2D eigenvalue weighted by molar-refractivity contribution is -0.113. The highest BCUT2D eigenvalue weighted by Gasteiger charge is 2.36. The maximum atomic E-state index is 13.0. The molecule has 0 unspecified atom stereocenters. The Balaban J connectivity index is 1.95. The number of amides is 2. The molecule has 2 aromatic carbocycles. The maximum absolute atomic E-state index is 13.0. The number of carbonyl (C=O) groups is 2. The number of benzene rings is 2. The summed E-state index contributed by atoms with van der Waals surface area (Å²) < 4.78 is 18.2. The zero-order valence-corrected chi connectivity index (χ0v) is 13.0. The van der Waals surface area contributed by atoms with Crippen molar-refractivity contribution in [2.24, 2.45) is 0 Å². The van der Waals surface area contributed by atoms with Crippen LogP contribution in [0.2, 0.25) is 0 Å². The Bertz CT molecular complexity index is 802. The van der Waals surface area contributed by atoms with Crippen molar-refractivity contribution in [3.05, 3.63) is 64.8 Å². The first-order valence-electron chi connectivity index (χ1n) is 6.76. The van der Waals surface area contributed by atoms with E-state index in [1.807, 2.05) is 12.1 Å². The van der Waals surface area contributed by atoms with E-state index in [0.29, 0.717) is 21.9 Å². The van der Waals surface area contributed by atoms with E-state index in [4.69, 9.17) is 4.74 Å². The molecular weight excluding hydrogens is 317 g/mol. The Morgan fingerprint density at radius 1 is 1.09 bits per heavy atom. The quantitative estimate of drug-likeness (QED) is 0.796. The Labute approximate surface area is 136 Å². The summed E-state index contributed by atoms with van der Waals surface area (Å²) >= 11 is 0.844. The van der Waals surface area contributed by atoms with Gasteiger partial charge in [0.25, 0.3) is 11.1 Å². The first-order chi connectivity index (χ1) is 11.1. The summed E-state index contributed by atoms with van der Waals surface area (Å²) in [5.74, 6) is -0.246. The van der Waals surface area contributed by atoms with E-state index in [1.165, 1.54) is 31.4 Å². The van der Waals surface area contributed by atoms with Crippen LogP contribution in [-0.2, 0) is 4.79 Å². The number of hydrogen-bond donors (Lipinski definition) is 0. The SMILES string of the molecule is COc1ccccc1/C=C1\SC(=O)N(c2ccc(F)cc2)C1=O. The second-order valence-corrected chi connectivity index (χ2v) is 5.73. The van der Waals surface area contributed by atoms with Crippen molar-refractivity contribution in [3.8, 4) is 5.75 Å². The molecule has 2 aromatic rings. The fourth-order valence-corrected chi connectivity index (χ4v) is 3.04. The van der Waals surface area contributed by atoms with Crippen LogP contribution in [0.25, 0.3) is 6.08 Å². The second kappa shape index (κ2) is 6.26. The van der Waals surface area contributed by atoms with Gasteiger partial charge in [0.05, 0.1) is 17.7 Å². The standard InChI is InChI=1S/C17H12FNO3S/c1-22-14-5-3-2-4-11(14)10-15-16(20)19(17(21)23-15)13-8-6-12(18)7-9-13/h2-10H,1H3/b15-10-. The van der Waals surface area contributed by atoms with Crippen molar-refractivity contribution in [1.29, 1.82) is 0 Å². The zero-order valence-electron chi connectivity index (χ0n) is 12.2. The van der Waals surface area contributed by atoms with E-state index in [9.17, 15) is 14.0 Å². The Kier molecular flexibility index (Phi) is 4.16. The van der Waals surface area contributed by atoms with Gasteiger partial charge in [-0.05, 0) is 48.2 Å². The van der Waals surface area contributed by atoms with Crippen LogP contribution in [0, 0.1) is 5.82 Å². The van der Waals surface area contributed by atoms with Crippen LogP contribution >= 0.6 is 11.8 Å². The number of ether oxygens (including phenoxy) is 1. The van der Waals surface area contributed by atoms with Gasteiger partial charge in [-0.15, -0.1) is 0 Å². The molecule has 1 fully saturated rings. The van der Waals surface area contributed by atoms with Crippen LogP contribution in [0.4, 0.5) is 14.9 Å². The summed E-state index contributed by atoms with van der Waals surface area (Å²) in [5.41, 5.74) is 1.05. The fourth-order valence-electron chi connectivity index (χ4n) is 2.21. The van der Waals surface area contributed by atoms with Gasteiger partial charge >= 0.3 is 0 Å². The minimum absolute atomic E-state index is 0.295. The van der Waals surface area contributed by atoms with Crippen molar-refractivity contribution in [2.75, 3.05) is 12.0 Å². The van der Waals surface area contributed by atoms with Crippen molar-refractivity contribution >= 4 is 34.7 Å². The molecule has 0 aliphatic carbocycles. The highest BCUT2D eigenvalue weighted by atomic mass is 32.2. The summed E-state index contributed by atoms with van der Waals surface area (Å²) in [6, 6.07) is 12.4. The highest BCUT2D eigenvalue weighted by Crippen LogP contribution is 2.36. The van der Waals surface area contributed by atoms with Gasteiger partial charge in [-0.25, -0.2) is 9.29 Å². The molecule has 23 heavy (non-hydrogen) atoms. The number of hydrogen-bond acceptors (Lipinski definition) is 4. The number of thioether (sulfide) groups is 1. The van der Waals surface area contributed by atoms with E-state index >= 15 is 0 Å². The number of carbonyl (C=O) groups excluding carboxylic acids is 2. The molecule has 0 bridgehead atoms. The number of imide groups is 1. The fraction of sp³-hybridized carbons (Fsp3) is 0.0588. The molecule has 0 aromatic heterocycles. The summed E-state index contributed by atoms with van der Waals surface area (Å²) in [7, 11) is 1.54. The minimum Gasteiger partial charge on any atom is -0.496 e. The third kappa shape index (κ3) is 2.98. The molecular formula is C17H12FNO3S. The third-order valence-corrected chi connectivity index (χ3v) is 4.17. The Morgan fingerprint density at radius 3 is 2.48 bits per heavy atom. The number of nitrogens with zero attached hydrogens (tertiary/aromatic N) is 1. The topological polar surface area (TPSA) is 46.6 Å². The number of para-hydroxylation sites is 1. The van der Waals surface area contributed by atoms with Crippen molar-refractivity contribution in [2.45, 2.75) is 0 Å². The third-order valence-electron chi connectivity index (χ3n) is 3.30. The first-order valence-corrected chi connectivity index (χ1v) is 7.58. The molecule has 3 rings (SSSR count). The molecule has 116 valence electrons. The number of anilines is 1. The molecule has 6 heteroatoms. The predicted molar refractivity (Wildman–Crippen MR) is 87.8 cm³/mol. The van der Waals surface area contributed by atoms with E-state index in [1.54, 1.807) is 18.2 Å². The maximum Gasteiger partial charge on any atom is 0.298 e. The monoisotopic (exact) mass is 329 g/mol. The molecule has 0 saturated carbocycles. The molecule has 0 atom stereocenters. The molecule has 1 heterocycles. The van der Waals surface area contributed by atoms with Gasteiger partial charge in [-0.3, -0.25) is 9.59 Å². The molecule has 2 amide bonds. The summed E-state index contributed by atoms with van der Waals surface area (Å²) in [6.45, 7) is 0. The van der Waals surface area contributed by atoms with Crippen LogP contribution in [0.3, 0.4) is 0 Å².